The first kappa shape index (κ1) is 17.2. The van der Waals surface area contributed by atoms with E-state index in [1.807, 2.05) is 12.1 Å². The summed E-state index contributed by atoms with van der Waals surface area (Å²) in [6, 6.07) is 3.73. The van der Waals surface area contributed by atoms with E-state index in [2.05, 4.69) is 10.3 Å². The van der Waals surface area contributed by atoms with Crippen molar-refractivity contribution in [2.75, 3.05) is 31.6 Å². The molecular formula is C14H21N3O3S2. The van der Waals surface area contributed by atoms with Gasteiger partial charge in [-0.25, -0.2) is 12.7 Å². The second-order valence-electron chi connectivity index (χ2n) is 5.40. The predicted molar refractivity (Wildman–Crippen MR) is 87.1 cm³/mol. The van der Waals surface area contributed by atoms with Crippen molar-refractivity contribution in [1.82, 2.24) is 14.6 Å². The van der Waals surface area contributed by atoms with Gasteiger partial charge >= 0.3 is 0 Å². The highest BCUT2D eigenvalue weighted by Gasteiger charge is 2.25. The summed E-state index contributed by atoms with van der Waals surface area (Å²) in [6.45, 7) is 1.61. The number of pyridine rings is 1. The molecule has 2 rings (SSSR count). The third-order valence-electron chi connectivity index (χ3n) is 3.56. The fourth-order valence-corrected chi connectivity index (χ4v) is 4.04. The number of carbonyl (C=O) groups is 1. The number of carbonyl (C=O) groups excluding carboxylic acids is 1. The van der Waals surface area contributed by atoms with Crippen molar-refractivity contribution in [3.8, 4) is 0 Å². The third-order valence-corrected chi connectivity index (χ3v) is 5.84. The average molecular weight is 343 g/mol. The third kappa shape index (κ3) is 5.58. The number of piperidine rings is 1. The van der Waals surface area contributed by atoms with Crippen molar-refractivity contribution >= 4 is 27.7 Å². The van der Waals surface area contributed by atoms with Crippen LogP contribution in [0.1, 0.15) is 12.8 Å². The van der Waals surface area contributed by atoms with Crippen LogP contribution in [0.15, 0.2) is 29.4 Å². The van der Waals surface area contributed by atoms with E-state index in [4.69, 9.17) is 0 Å². The molecule has 1 aliphatic rings. The van der Waals surface area contributed by atoms with Crippen LogP contribution in [0.2, 0.25) is 0 Å². The molecule has 122 valence electrons. The van der Waals surface area contributed by atoms with Gasteiger partial charge in [-0.15, -0.1) is 11.8 Å². The van der Waals surface area contributed by atoms with E-state index in [9.17, 15) is 13.2 Å². The van der Waals surface area contributed by atoms with Crippen molar-refractivity contribution in [2.45, 2.75) is 17.7 Å². The smallest absolute Gasteiger partial charge is 0.230 e. The van der Waals surface area contributed by atoms with Crippen LogP contribution in [-0.2, 0) is 14.8 Å². The number of hydrogen-bond acceptors (Lipinski definition) is 5. The number of thioether (sulfide) groups is 1. The van der Waals surface area contributed by atoms with Crippen LogP contribution in [0, 0.1) is 5.92 Å². The predicted octanol–water partition coefficient (Wildman–Crippen LogP) is 0.961. The minimum Gasteiger partial charge on any atom is -0.355 e. The molecule has 1 atom stereocenters. The first-order chi connectivity index (χ1) is 10.4. The maximum Gasteiger partial charge on any atom is 0.230 e. The minimum atomic E-state index is -3.13. The summed E-state index contributed by atoms with van der Waals surface area (Å²) in [4.78, 5) is 16.8. The average Bonchev–Trinajstić information content (AvgIpc) is 2.51. The first-order valence-electron chi connectivity index (χ1n) is 7.20. The summed E-state index contributed by atoms with van der Waals surface area (Å²) in [6.07, 6.45) is 6.42. The number of aromatic nitrogens is 1. The van der Waals surface area contributed by atoms with Gasteiger partial charge in [0.1, 0.15) is 0 Å². The van der Waals surface area contributed by atoms with Crippen molar-refractivity contribution in [1.29, 1.82) is 0 Å². The second-order valence-corrected chi connectivity index (χ2v) is 8.44. The molecule has 1 unspecified atom stereocenters. The fourth-order valence-electron chi connectivity index (χ4n) is 2.39. The summed E-state index contributed by atoms with van der Waals surface area (Å²) in [7, 11) is -3.13. The molecule has 1 aromatic rings. The van der Waals surface area contributed by atoms with Gasteiger partial charge in [0.05, 0.1) is 12.0 Å². The maximum atomic E-state index is 11.9. The highest BCUT2D eigenvalue weighted by molar-refractivity contribution is 8.00. The van der Waals surface area contributed by atoms with E-state index in [1.54, 1.807) is 12.4 Å². The molecule has 2 heterocycles. The standard InChI is InChI=1S/C14H21N3O3S2/c1-22(19,20)17-8-2-3-12(10-17)9-16-14(18)11-21-13-4-6-15-7-5-13/h4-7,12H,2-3,8-11H2,1H3,(H,16,18). The SMILES string of the molecule is CS(=O)(=O)N1CCCC(CNC(=O)CSc2ccncc2)C1. The Balaban J connectivity index is 1.72. The Morgan fingerprint density at radius 2 is 2.18 bits per heavy atom. The van der Waals surface area contributed by atoms with Gasteiger partial charge in [0.15, 0.2) is 0 Å². The van der Waals surface area contributed by atoms with Gasteiger partial charge in [-0.2, -0.15) is 0 Å². The lowest BCUT2D eigenvalue weighted by molar-refractivity contribution is -0.118. The summed E-state index contributed by atoms with van der Waals surface area (Å²) in [5.74, 6) is 0.517. The Morgan fingerprint density at radius 3 is 2.86 bits per heavy atom. The Kier molecular flexibility index (Phi) is 6.22. The van der Waals surface area contributed by atoms with E-state index in [0.29, 0.717) is 25.4 Å². The topological polar surface area (TPSA) is 79.4 Å². The van der Waals surface area contributed by atoms with E-state index in [1.165, 1.54) is 22.3 Å². The fraction of sp³-hybridized carbons (Fsp3) is 0.571. The normalized spacial score (nSPS) is 19.8. The van der Waals surface area contributed by atoms with Crippen LogP contribution >= 0.6 is 11.8 Å². The van der Waals surface area contributed by atoms with E-state index in [-0.39, 0.29) is 11.8 Å². The number of nitrogens with one attached hydrogen (secondary N) is 1. The van der Waals surface area contributed by atoms with Gasteiger partial charge < -0.3 is 5.32 Å². The molecule has 1 aromatic heterocycles. The zero-order chi connectivity index (χ0) is 16.0. The van der Waals surface area contributed by atoms with Gasteiger partial charge in [-0.05, 0) is 30.9 Å². The quantitative estimate of drug-likeness (QED) is 0.779. The van der Waals surface area contributed by atoms with Crippen molar-refractivity contribution in [2.24, 2.45) is 5.92 Å². The van der Waals surface area contributed by atoms with Gasteiger partial charge in [0.25, 0.3) is 0 Å². The zero-order valence-corrected chi connectivity index (χ0v) is 14.2. The number of hydrogen-bond donors (Lipinski definition) is 1. The molecule has 0 radical (unpaired) electrons. The molecule has 0 bridgehead atoms. The van der Waals surface area contributed by atoms with E-state index in [0.717, 1.165) is 17.7 Å². The van der Waals surface area contributed by atoms with Crippen molar-refractivity contribution in [3.05, 3.63) is 24.5 Å². The molecule has 1 aliphatic heterocycles. The molecule has 0 saturated carbocycles. The summed E-state index contributed by atoms with van der Waals surface area (Å²) in [5.41, 5.74) is 0. The number of sulfonamides is 1. The van der Waals surface area contributed by atoms with Crippen LogP contribution in [0.4, 0.5) is 0 Å². The summed E-state index contributed by atoms with van der Waals surface area (Å²) >= 11 is 1.46. The van der Waals surface area contributed by atoms with E-state index < -0.39 is 10.0 Å². The number of nitrogens with zero attached hydrogens (tertiary/aromatic N) is 2. The molecule has 6 nitrogen and oxygen atoms in total. The molecule has 1 fully saturated rings. The first-order valence-corrected chi connectivity index (χ1v) is 10.0. The second kappa shape index (κ2) is 7.94. The monoisotopic (exact) mass is 343 g/mol. The highest BCUT2D eigenvalue weighted by atomic mass is 32.2. The lowest BCUT2D eigenvalue weighted by Gasteiger charge is -2.30. The molecule has 1 amide bonds. The van der Waals surface area contributed by atoms with Crippen LogP contribution in [0.3, 0.4) is 0 Å². The number of rotatable bonds is 6. The molecule has 22 heavy (non-hydrogen) atoms. The van der Waals surface area contributed by atoms with Crippen LogP contribution in [-0.4, -0.2) is 55.3 Å². The molecular weight excluding hydrogens is 322 g/mol. The van der Waals surface area contributed by atoms with Gasteiger partial charge in [-0.1, -0.05) is 0 Å². The lowest BCUT2D eigenvalue weighted by Crippen LogP contribution is -2.43. The Hall–Kier alpha value is -1.12. The number of amides is 1. The molecule has 8 heteroatoms. The molecule has 0 aliphatic carbocycles. The lowest BCUT2D eigenvalue weighted by atomic mass is 10.00. The minimum absolute atomic E-state index is 0.0294. The summed E-state index contributed by atoms with van der Waals surface area (Å²) < 4.78 is 24.6. The largest absolute Gasteiger partial charge is 0.355 e. The molecule has 1 saturated heterocycles. The summed E-state index contributed by atoms with van der Waals surface area (Å²) in [5, 5.41) is 2.90. The van der Waals surface area contributed by atoms with Gasteiger partial charge in [0, 0.05) is 36.9 Å². The maximum absolute atomic E-state index is 11.9. The highest BCUT2D eigenvalue weighted by Crippen LogP contribution is 2.18. The Bertz CT molecular complexity index is 593. The van der Waals surface area contributed by atoms with Crippen molar-refractivity contribution in [3.63, 3.8) is 0 Å². The molecule has 1 N–H and O–H groups in total. The van der Waals surface area contributed by atoms with Crippen molar-refractivity contribution < 1.29 is 13.2 Å². The van der Waals surface area contributed by atoms with Gasteiger partial charge in [0.2, 0.25) is 15.9 Å². The molecule has 0 aromatic carbocycles. The van der Waals surface area contributed by atoms with Gasteiger partial charge in [-0.3, -0.25) is 9.78 Å². The molecule has 0 spiro atoms. The Labute approximate surface area is 135 Å². The Morgan fingerprint density at radius 1 is 1.45 bits per heavy atom. The van der Waals surface area contributed by atoms with E-state index >= 15 is 0 Å². The van der Waals surface area contributed by atoms with Crippen LogP contribution in [0.25, 0.3) is 0 Å². The van der Waals surface area contributed by atoms with Crippen LogP contribution in [0.5, 0.6) is 0 Å². The van der Waals surface area contributed by atoms with Crippen LogP contribution < -0.4 is 5.32 Å². The zero-order valence-electron chi connectivity index (χ0n) is 12.6.